The molecule has 0 unspecified atom stereocenters. The molecule has 0 spiro atoms. The topological polar surface area (TPSA) is 68.1 Å². The second kappa shape index (κ2) is 8.22. The average Bonchev–Trinajstić information content (AvgIpc) is 2.51. The van der Waals surface area contributed by atoms with Crippen molar-refractivity contribution in [1.82, 2.24) is 4.98 Å². The summed E-state index contributed by atoms with van der Waals surface area (Å²) in [5.41, 5.74) is 8.07. The Morgan fingerprint density at radius 2 is 1.71 bits per heavy atom. The SMILES string of the molecule is Cc1cc(Cl)cc(Oc2cc(=O)[nH]cc2N)c1.Cc1ccccc1. The summed E-state index contributed by atoms with van der Waals surface area (Å²) in [7, 11) is 0. The van der Waals surface area contributed by atoms with Gasteiger partial charge < -0.3 is 15.5 Å². The minimum Gasteiger partial charge on any atom is -0.455 e. The lowest BCUT2D eigenvalue weighted by Gasteiger charge is -2.08. The minimum atomic E-state index is -0.270. The molecule has 4 nitrogen and oxygen atoms in total. The number of halogens is 1. The van der Waals surface area contributed by atoms with Crippen LogP contribution in [0.5, 0.6) is 11.5 Å². The number of pyridine rings is 1. The fourth-order valence-corrected chi connectivity index (χ4v) is 2.26. The maximum atomic E-state index is 11.1. The van der Waals surface area contributed by atoms with E-state index in [0.717, 1.165) is 5.56 Å². The molecule has 3 aromatic rings. The summed E-state index contributed by atoms with van der Waals surface area (Å²) in [5.74, 6) is 0.864. The number of benzene rings is 2. The van der Waals surface area contributed by atoms with Crippen molar-refractivity contribution in [3.63, 3.8) is 0 Å². The van der Waals surface area contributed by atoms with Crippen molar-refractivity contribution in [1.29, 1.82) is 0 Å². The third-order valence-electron chi connectivity index (χ3n) is 3.10. The van der Waals surface area contributed by atoms with Crippen LogP contribution in [-0.2, 0) is 0 Å². The van der Waals surface area contributed by atoms with Gasteiger partial charge in [0, 0.05) is 17.3 Å². The van der Waals surface area contributed by atoms with E-state index in [2.05, 4.69) is 24.0 Å². The number of hydrogen-bond donors (Lipinski definition) is 2. The summed E-state index contributed by atoms with van der Waals surface area (Å²) in [5, 5.41) is 0.573. The fourth-order valence-electron chi connectivity index (χ4n) is 1.98. The van der Waals surface area contributed by atoms with Crippen LogP contribution in [-0.4, -0.2) is 4.98 Å². The smallest absolute Gasteiger partial charge is 0.251 e. The molecular formula is C19H19ClN2O2. The van der Waals surface area contributed by atoms with Crippen LogP contribution in [0.3, 0.4) is 0 Å². The molecule has 0 radical (unpaired) electrons. The highest BCUT2D eigenvalue weighted by Crippen LogP contribution is 2.28. The third-order valence-corrected chi connectivity index (χ3v) is 3.32. The molecule has 0 saturated carbocycles. The number of rotatable bonds is 2. The van der Waals surface area contributed by atoms with Gasteiger partial charge in [-0.3, -0.25) is 4.79 Å². The first-order chi connectivity index (χ1) is 11.4. The van der Waals surface area contributed by atoms with Crippen molar-refractivity contribution in [2.24, 2.45) is 0 Å². The van der Waals surface area contributed by atoms with Gasteiger partial charge in [-0.05, 0) is 37.6 Å². The van der Waals surface area contributed by atoms with Gasteiger partial charge in [0.25, 0.3) is 5.56 Å². The van der Waals surface area contributed by atoms with E-state index in [9.17, 15) is 4.79 Å². The normalized spacial score (nSPS) is 9.79. The minimum absolute atomic E-state index is 0.270. The van der Waals surface area contributed by atoms with Crippen LogP contribution >= 0.6 is 11.6 Å². The standard InChI is InChI=1S/C12H11ClN2O2.C7H8/c1-7-2-8(13)4-9(3-7)17-11-5-12(16)15-6-10(11)14;1-7-5-3-2-4-6-7/h2-6H,14H2,1H3,(H,15,16);2-6H,1H3. The highest BCUT2D eigenvalue weighted by atomic mass is 35.5. The summed E-state index contributed by atoms with van der Waals surface area (Å²) in [4.78, 5) is 13.6. The Morgan fingerprint density at radius 1 is 1.00 bits per heavy atom. The number of nitrogen functional groups attached to an aromatic ring is 1. The van der Waals surface area contributed by atoms with Gasteiger partial charge in [-0.1, -0.05) is 47.5 Å². The molecule has 0 saturated heterocycles. The van der Waals surface area contributed by atoms with E-state index < -0.39 is 0 Å². The maximum absolute atomic E-state index is 11.1. The average molecular weight is 343 g/mol. The van der Waals surface area contributed by atoms with Crippen LogP contribution in [0.4, 0.5) is 5.69 Å². The number of H-pyrrole nitrogens is 1. The molecule has 0 fully saturated rings. The fraction of sp³-hybridized carbons (Fsp3) is 0.105. The number of nitrogens with one attached hydrogen (secondary N) is 1. The van der Waals surface area contributed by atoms with Gasteiger partial charge in [-0.2, -0.15) is 0 Å². The van der Waals surface area contributed by atoms with Crippen molar-refractivity contribution in [2.45, 2.75) is 13.8 Å². The molecular weight excluding hydrogens is 324 g/mol. The molecule has 0 bridgehead atoms. The van der Waals surface area contributed by atoms with Crippen molar-refractivity contribution in [3.8, 4) is 11.5 Å². The highest BCUT2D eigenvalue weighted by molar-refractivity contribution is 6.30. The molecule has 0 aliphatic rings. The molecule has 2 aromatic carbocycles. The second-order valence-electron chi connectivity index (χ2n) is 5.34. The van der Waals surface area contributed by atoms with E-state index in [-0.39, 0.29) is 5.56 Å². The summed E-state index contributed by atoms with van der Waals surface area (Å²) in [6, 6.07) is 16.8. The zero-order valence-corrected chi connectivity index (χ0v) is 14.3. The lowest BCUT2D eigenvalue weighted by molar-refractivity contribution is 0.483. The van der Waals surface area contributed by atoms with Gasteiger partial charge in [0.05, 0.1) is 5.69 Å². The second-order valence-corrected chi connectivity index (χ2v) is 5.77. The van der Waals surface area contributed by atoms with Crippen LogP contribution in [0.15, 0.2) is 65.6 Å². The van der Waals surface area contributed by atoms with Crippen LogP contribution in [0.1, 0.15) is 11.1 Å². The van der Waals surface area contributed by atoms with Crippen molar-refractivity contribution >= 4 is 17.3 Å². The van der Waals surface area contributed by atoms with Crippen LogP contribution in [0.25, 0.3) is 0 Å². The van der Waals surface area contributed by atoms with Gasteiger partial charge in [-0.25, -0.2) is 0 Å². The molecule has 3 N–H and O–H groups in total. The Morgan fingerprint density at radius 3 is 2.29 bits per heavy atom. The van der Waals surface area contributed by atoms with E-state index in [1.165, 1.54) is 17.8 Å². The molecule has 0 aliphatic carbocycles. The summed E-state index contributed by atoms with van der Waals surface area (Å²) in [6.07, 6.45) is 1.40. The molecule has 1 heterocycles. The zero-order chi connectivity index (χ0) is 17.5. The first-order valence-corrected chi connectivity index (χ1v) is 7.77. The van der Waals surface area contributed by atoms with Crippen molar-refractivity contribution < 1.29 is 4.74 Å². The van der Waals surface area contributed by atoms with Gasteiger partial charge in [-0.15, -0.1) is 0 Å². The predicted octanol–water partition coefficient (Wildman–Crippen LogP) is 4.71. The van der Waals surface area contributed by atoms with Crippen LogP contribution < -0.4 is 16.0 Å². The molecule has 0 aliphatic heterocycles. The third kappa shape index (κ3) is 5.48. The molecule has 24 heavy (non-hydrogen) atoms. The van der Waals surface area contributed by atoms with E-state index in [1.807, 2.05) is 37.3 Å². The molecule has 0 amide bonds. The lowest BCUT2D eigenvalue weighted by atomic mass is 10.2. The molecule has 124 valence electrons. The van der Waals surface area contributed by atoms with Crippen molar-refractivity contribution in [3.05, 3.63) is 87.3 Å². The molecule has 1 aromatic heterocycles. The van der Waals surface area contributed by atoms with E-state index >= 15 is 0 Å². The Kier molecular flexibility index (Phi) is 6.04. The number of anilines is 1. The zero-order valence-electron chi connectivity index (χ0n) is 13.5. The van der Waals surface area contributed by atoms with E-state index in [1.54, 1.807) is 6.07 Å². The summed E-state index contributed by atoms with van der Waals surface area (Å²) in [6.45, 7) is 3.99. The number of nitrogens with two attached hydrogens (primary N) is 1. The molecule has 0 atom stereocenters. The monoisotopic (exact) mass is 342 g/mol. The molecule has 5 heteroatoms. The summed E-state index contributed by atoms with van der Waals surface area (Å²) < 4.78 is 5.52. The van der Waals surface area contributed by atoms with E-state index in [4.69, 9.17) is 22.1 Å². The first-order valence-electron chi connectivity index (χ1n) is 7.39. The summed E-state index contributed by atoms with van der Waals surface area (Å²) >= 11 is 5.91. The Bertz CT molecular complexity index is 840. The largest absolute Gasteiger partial charge is 0.455 e. The van der Waals surface area contributed by atoms with Gasteiger partial charge >= 0.3 is 0 Å². The molecule has 3 rings (SSSR count). The van der Waals surface area contributed by atoms with Crippen LogP contribution in [0.2, 0.25) is 5.02 Å². The van der Waals surface area contributed by atoms with Crippen LogP contribution in [0, 0.1) is 13.8 Å². The highest BCUT2D eigenvalue weighted by Gasteiger charge is 2.04. The van der Waals surface area contributed by atoms with Gasteiger partial charge in [0.2, 0.25) is 0 Å². The number of ether oxygens (including phenoxy) is 1. The number of aromatic nitrogens is 1. The quantitative estimate of drug-likeness (QED) is 0.708. The van der Waals surface area contributed by atoms with E-state index in [0.29, 0.717) is 22.2 Å². The van der Waals surface area contributed by atoms with Crippen molar-refractivity contribution in [2.75, 3.05) is 5.73 Å². The predicted molar refractivity (Wildman–Crippen MR) is 98.9 cm³/mol. The first kappa shape index (κ1) is 17.6. The lowest BCUT2D eigenvalue weighted by Crippen LogP contribution is -2.05. The number of hydrogen-bond acceptors (Lipinski definition) is 3. The Hall–Kier alpha value is -2.72. The van der Waals surface area contributed by atoms with Gasteiger partial charge in [0.1, 0.15) is 5.75 Å². The Balaban J connectivity index is 0.000000249. The maximum Gasteiger partial charge on any atom is 0.251 e. The number of aryl methyl sites for hydroxylation is 2. The number of aromatic amines is 1. The van der Waals surface area contributed by atoms with Gasteiger partial charge in [0.15, 0.2) is 5.75 Å². The Labute approximate surface area is 145 Å².